The Balaban J connectivity index is 1.90. The lowest BCUT2D eigenvalue weighted by Gasteiger charge is -2.26. The van der Waals surface area contributed by atoms with Gasteiger partial charge in [-0.1, -0.05) is 74.0 Å². The molecule has 1 amide bonds. The molecule has 0 saturated carbocycles. The molecule has 4 heteroatoms. The summed E-state index contributed by atoms with van der Waals surface area (Å²) in [6, 6.07) is 20.6. The fourth-order valence-corrected chi connectivity index (χ4v) is 4.15. The number of ketones is 1. The minimum atomic E-state index is -0.620. The van der Waals surface area contributed by atoms with Crippen LogP contribution in [0.2, 0.25) is 0 Å². The van der Waals surface area contributed by atoms with E-state index in [2.05, 4.69) is 6.92 Å². The standard InChI is InChI=1S/C26H25NO3/c1-3-4-15-27-23(21-12-8-5-9-17(21)2)22(25(29)26(27)30)24(28)20-14-13-18-10-6-7-11-19(18)16-20/h5-14,16,23,28H,3-4,15H2,1-2H3/b24-22+. The highest BCUT2D eigenvalue weighted by Gasteiger charge is 2.46. The number of carbonyl (C=O) groups is 2. The van der Waals surface area contributed by atoms with Gasteiger partial charge in [0.2, 0.25) is 0 Å². The molecule has 152 valence electrons. The minimum Gasteiger partial charge on any atom is -0.507 e. The maximum atomic E-state index is 13.0. The number of unbranched alkanes of at least 4 members (excludes halogenated alkanes) is 1. The van der Waals surface area contributed by atoms with Crippen molar-refractivity contribution in [1.82, 2.24) is 4.90 Å². The molecule has 1 N–H and O–H groups in total. The topological polar surface area (TPSA) is 57.6 Å². The highest BCUT2D eigenvalue weighted by Crippen LogP contribution is 2.40. The van der Waals surface area contributed by atoms with Crippen molar-refractivity contribution in [2.24, 2.45) is 0 Å². The van der Waals surface area contributed by atoms with Gasteiger partial charge in [0.1, 0.15) is 5.76 Å². The summed E-state index contributed by atoms with van der Waals surface area (Å²) in [7, 11) is 0. The van der Waals surface area contributed by atoms with Crippen LogP contribution in [-0.4, -0.2) is 28.2 Å². The van der Waals surface area contributed by atoms with E-state index in [0.717, 1.165) is 34.7 Å². The zero-order chi connectivity index (χ0) is 21.3. The van der Waals surface area contributed by atoms with Crippen LogP contribution >= 0.6 is 0 Å². The first-order valence-electron chi connectivity index (χ1n) is 10.4. The van der Waals surface area contributed by atoms with Gasteiger partial charge in [-0.3, -0.25) is 9.59 Å². The second kappa shape index (κ2) is 8.15. The summed E-state index contributed by atoms with van der Waals surface area (Å²) in [5.41, 5.74) is 2.56. The molecule has 1 aliphatic heterocycles. The Morgan fingerprint density at radius 1 is 0.967 bits per heavy atom. The van der Waals surface area contributed by atoms with Gasteiger partial charge >= 0.3 is 0 Å². The summed E-state index contributed by atoms with van der Waals surface area (Å²) in [6.45, 7) is 4.49. The van der Waals surface area contributed by atoms with E-state index in [0.29, 0.717) is 12.1 Å². The highest BCUT2D eigenvalue weighted by atomic mass is 16.3. The molecule has 0 aromatic heterocycles. The molecule has 4 rings (SSSR count). The lowest BCUT2D eigenvalue weighted by Crippen LogP contribution is -2.30. The maximum Gasteiger partial charge on any atom is 0.295 e. The average Bonchev–Trinajstić information content (AvgIpc) is 3.01. The molecule has 1 atom stereocenters. The molecule has 1 unspecified atom stereocenters. The molecule has 4 nitrogen and oxygen atoms in total. The summed E-state index contributed by atoms with van der Waals surface area (Å²) in [4.78, 5) is 27.6. The first-order chi connectivity index (χ1) is 14.5. The summed E-state index contributed by atoms with van der Waals surface area (Å²) >= 11 is 0. The van der Waals surface area contributed by atoms with E-state index in [1.165, 1.54) is 0 Å². The van der Waals surface area contributed by atoms with Gasteiger partial charge in [0, 0.05) is 12.1 Å². The second-order valence-electron chi connectivity index (χ2n) is 7.76. The summed E-state index contributed by atoms with van der Waals surface area (Å²) in [5, 5.41) is 13.2. The number of aliphatic hydroxyl groups excluding tert-OH is 1. The number of aryl methyl sites for hydroxylation is 1. The van der Waals surface area contributed by atoms with Crippen LogP contribution in [0.15, 0.2) is 72.3 Å². The zero-order valence-corrected chi connectivity index (χ0v) is 17.3. The molecular weight excluding hydrogens is 374 g/mol. The maximum absolute atomic E-state index is 13.0. The van der Waals surface area contributed by atoms with Gasteiger partial charge in [-0.05, 0) is 41.3 Å². The highest BCUT2D eigenvalue weighted by molar-refractivity contribution is 6.46. The predicted molar refractivity (Wildman–Crippen MR) is 119 cm³/mol. The van der Waals surface area contributed by atoms with Crippen LogP contribution in [0.5, 0.6) is 0 Å². The van der Waals surface area contributed by atoms with Crippen molar-refractivity contribution in [2.45, 2.75) is 32.7 Å². The molecular formula is C26H25NO3. The van der Waals surface area contributed by atoms with Gasteiger partial charge in [-0.2, -0.15) is 0 Å². The van der Waals surface area contributed by atoms with E-state index in [-0.39, 0.29) is 11.3 Å². The normalized spacial score (nSPS) is 18.3. The van der Waals surface area contributed by atoms with Crippen LogP contribution in [0.1, 0.15) is 42.5 Å². The molecule has 3 aromatic carbocycles. The number of aliphatic hydroxyl groups is 1. The Morgan fingerprint density at radius 2 is 1.67 bits per heavy atom. The third kappa shape index (κ3) is 3.39. The second-order valence-corrected chi connectivity index (χ2v) is 7.76. The van der Waals surface area contributed by atoms with E-state index in [1.807, 2.05) is 67.6 Å². The molecule has 0 aliphatic carbocycles. The lowest BCUT2D eigenvalue weighted by atomic mass is 9.92. The van der Waals surface area contributed by atoms with E-state index in [4.69, 9.17) is 0 Å². The number of nitrogens with zero attached hydrogens (tertiary/aromatic N) is 1. The summed E-state index contributed by atoms with van der Waals surface area (Å²) in [6.07, 6.45) is 1.71. The van der Waals surface area contributed by atoms with Crippen molar-refractivity contribution in [1.29, 1.82) is 0 Å². The van der Waals surface area contributed by atoms with Crippen LogP contribution in [0.25, 0.3) is 16.5 Å². The number of benzene rings is 3. The smallest absolute Gasteiger partial charge is 0.295 e. The van der Waals surface area contributed by atoms with Gasteiger partial charge < -0.3 is 10.0 Å². The molecule has 3 aromatic rings. The van der Waals surface area contributed by atoms with Crippen molar-refractivity contribution in [3.8, 4) is 0 Å². The fourth-order valence-electron chi connectivity index (χ4n) is 4.15. The van der Waals surface area contributed by atoms with E-state index >= 15 is 0 Å². The van der Waals surface area contributed by atoms with Crippen LogP contribution in [0.4, 0.5) is 0 Å². The molecule has 0 radical (unpaired) electrons. The Hall–Kier alpha value is -3.40. The first kappa shape index (κ1) is 19.9. The first-order valence-corrected chi connectivity index (χ1v) is 10.4. The van der Waals surface area contributed by atoms with Crippen molar-refractivity contribution in [2.75, 3.05) is 6.54 Å². The fraction of sp³-hybridized carbons (Fsp3) is 0.231. The molecule has 1 saturated heterocycles. The average molecular weight is 399 g/mol. The molecule has 0 spiro atoms. The summed E-state index contributed by atoms with van der Waals surface area (Å²) < 4.78 is 0. The third-order valence-corrected chi connectivity index (χ3v) is 5.80. The predicted octanol–water partition coefficient (Wildman–Crippen LogP) is 5.37. The number of hydrogen-bond acceptors (Lipinski definition) is 3. The molecule has 1 aliphatic rings. The summed E-state index contributed by atoms with van der Waals surface area (Å²) in [5.74, 6) is -1.28. The molecule has 0 bridgehead atoms. The van der Waals surface area contributed by atoms with Gasteiger partial charge in [-0.15, -0.1) is 0 Å². The molecule has 1 heterocycles. The number of fused-ring (bicyclic) bond motifs is 1. The number of hydrogen-bond donors (Lipinski definition) is 1. The van der Waals surface area contributed by atoms with E-state index < -0.39 is 17.7 Å². The van der Waals surface area contributed by atoms with Crippen LogP contribution in [0, 0.1) is 6.92 Å². The van der Waals surface area contributed by atoms with Crippen molar-refractivity contribution < 1.29 is 14.7 Å². The Bertz CT molecular complexity index is 1160. The molecule has 30 heavy (non-hydrogen) atoms. The van der Waals surface area contributed by atoms with Gasteiger partial charge in [0.25, 0.3) is 11.7 Å². The van der Waals surface area contributed by atoms with Crippen LogP contribution in [-0.2, 0) is 9.59 Å². The lowest BCUT2D eigenvalue weighted by molar-refractivity contribution is -0.139. The van der Waals surface area contributed by atoms with E-state index in [1.54, 1.807) is 11.0 Å². The zero-order valence-electron chi connectivity index (χ0n) is 17.3. The van der Waals surface area contributed by atoms with Crippen molar-refractivity contribution in [3.05, 3.63) is 89.0 Å². The molecule has 1 fully saturated rings. The van der Waals surface area contributed by atoms with Crippen LogP contribution < -0.4 is 0 Å². The number of likely N-dealkylation sites (tertiary alicyclic amines) is 1. The van der Waals surface area contributed by atoms with Gasteiger partial charge in [0.05, 0.1) is 11.6 Å². The number of Topliss-reactive ketones (excluding diaryl/α,β-unsaturated/α-hetero) is 1. The van der Waals surface area contributed by atoms with Gasteiger partial charge in [-0.25, -0.2) is 0 Å². The van der Waals surface area contributed by atoms with Crippen LogP contribution in [0.3, 0.4) is 0 Å². The van der Waals surface area contributed by atoms with Gasteiger partial charge in [0.15, 0.2) is 0 Å². The monoisotopic (exact) mass is 399 g/mol. The number of amides is 1. The third-order valence-electron chi connectivity index (χ3n) is 5.80. The Labute approximate surface area is 176 Å². The SMILES string of the molecule is CCCCN1C(=O)C(=O)/C(=C(/O)c2ccc3ccccc3c2)C1c1ccccc1C. The Morgan fingerprint density at radius 3 is 2.40 bits per heavy atom. The quantitative estimate of drug-likeness (QED) is 0.356. The Kier molecular flexibility index (Phi) is 5.40. The minimum absolute atomic E-state index is 0.119. The largest absolute Gasteiger partial charge is 0.507 e. The number of carbonyl (C=O) groups excluding carboxylic acids is 2. The van der Waals surface area contributed by atoms with Crippen molar-refractivity contribution >= 4 is 28.2 Å². The van der Waals surface area contributed by atoms with Crippen molar-refractivity contribution in [3.63, 3.8) is 0 Å². The number of rotatable bonds is 5. The van der Waals surface area contributed by atoms with E-state index in [9.17, 15) is 14.7 Å².